The van der Waals surface area contributed by atoms with Crippen molar-refractivity contribution < 1.29 is 9.59 Å². The first-order chi connectivity index (χ1) is 11.2. The van der Waals surface area contributed by atoms with Crippen molar-refractivity contribution in [1.82, 2.24) is 9.88 Å². The summed E-state index contributed by atoms with van der Waals surface area (Å²) in [6.45, 7) is 11.7. The zero-order valence-electron chi connectivity index (χ0n) is 15.7. The van der Waals surface area contributed by atoms with E-state index >= 15 is 0 Å². The Labute approximate surface area is 145 Å². The molecule has 1 aromatic rings. The molecular weight excluding hydrogens is 300 g/mol. The molecule has 2 aliphatic rings. The van der Waals surface area contributed by atoms with Gasteiger partial charge in [0.05, 0.1) is 6.42 Å². The highest BCUT2D eigenvalue weighted by atomic mass is 16.1. The number of fused-ring (bicyclic) bond motifs is 1. The predicted octanol–water partition coefficient (Wildman–Crippen LogP) is 3.43. The van der Waals surface area contributed by atoms with Crippen molar-refractivity contribution >= 4 is 11.7 Å². The fraction of sp³-hybridized carbons (Fsp3) is 0.700. The summed E-state index contributed by atoms with van der Waals surface area (Å²) >= 11 is 0. The van der Waals surface area contributed by atoms with Crippen molar-refractivity contribution in [2.24, 2.45) is 11.3 Å². The molecule has 24 heavy (non-hydrogen) atoms. The molecule has 1 saturated carbocycles. The number of nitrogens with one attached hydrogen (secondary N) is 1. The normalized spacial score (nSPS) is 19.5. The Morgan fingerprint density at radius 2 is 1.96 bits per heavy atom. The first-order valence-corrected chi connectivity index (χ1v) is 9.21. The lowest BCUT2D eigenvalue weighted by Gasteiger charge is -2.30. The summed E-state index contributed by atoms with van der Waals surface area (Å²) in [5.74, 6) is 0.775. The van der Waals surface area contributed by atoms with Crippen LogP contribution in [-0.4, -0.2) is 22.3 Å². The van der Waals surface area contributed by atoms with E-state index in [1.807, 2.05) is 0 Å². The van der Waals surface area contributed by atoms with E-state index in [0.717, 1.165) is 48.3 Å². The number of rotatable bonds is 5. The molecule has 2 aliphatic carbocycles. The molecule has 0 aliphatic heterocycles. The average molecular weight is 330 g/mol. The molecule has 4 heteroatoms. The standard InChI is InChI=1S/C20H30N2O2/c1-12(2)11-22-13(3)15(8-18(24)21-14-6-7-14)19-16(22)9-20(4,5)10-17(19)23/h12,14H,6-11H2,1-5H3,(H,21,24). The van der Waals surface area contributed by atoms with Crippen molar-refractivity contribution in [1.29, 1.82) is 0 Å². The lowest BCUT2D eigenvalue weighted by Crippen LogP contribution is -2.30. The van der Waals surface area contributed by atoms with E-state index in [1.165, 1.54) is 0 Å². The van der Waals surface area contributed by atoms with Crippen LogP contribution in [0.2, 0.25) is 0 Å². The number of hydrogen-bond donors (Lipinski definition) is 1. The van der Waals surface area contributed by atoms with Crippen LogP contribution in [0.1, 0.15) is 74.3 Å². The van der Waals surface area contributed by atoms with E-state index in [2.05, 4.69) is 44.5 Å². The first kappa shape index (κ1) is 17.2. The fourth-order valence-electron chi connectivity index (χ4n) is 3.90. The first-order valence-electron chi connectivity index (χ1n) is 9.21. The number of aromatic nitrogens is 1. The van der Waals surface area contributed by atoms with Gasteiger partial charge < -0.3 is 9.88 Å². The Morgan fingerprint density at radius 1 is 1.29 bits per heavy atom. The molecule has 1 amide bonds. The number of amides is 1. The van der Waals surface area contributed by atoms with Crippen LogP contribution in [0.4, 0.5) is 0 Å². The SMILES string of the molecule is Cc1c(CC(=O)NC2CC2)c2c(n1CC(C)C)CC(C)(C)CC2=O. The molecule has 0 bridgehead atoms. The monoisotopic (exact) mass is 330 g/mol. The van der Waals surface area contributed by atoms with Crippen molar-refractivity contribution in [3.8, 4) is 0 Å². The van der Waals surface area contributed by atoms with Crippen molar-refractivity contribution in [2.75, 3.05) is 0 Å². The molecule has 0 saturated heterocycles. The smallest absolute Gasteiger partial charge is 0.224 e. The van der Waals surface area contributed by atoms with E-state index in [-0.39, 0.29) is 17.1 Å². The van der Waals surface area contributed by atoms with Gasteiger partial charge in [0.1, 0.15) is 0 Å². The molecule has 1 heterocycles. The Kier molecular flexibility index (Phi) is 4.35. The summed E-state index contributed by atoms with van der Waals surface area (Å²) in [4.78, 5) is 25.2. The van der Waals surface area contributed by atoms with Crippen molar-refractivity contribution in [3.63, 3.8) is 0 Å². The number of carbonyl (C=O) groups is 2. The van der Waals surface area contributed by atoms with Crippen LogP contribution in [0.25, 0.3) is 0 Å². The van der Waals surface area contributed by atoms with Gasteiger partial charge in [0.25, 0.3) is 0 Å². The van der Waals surface area contributed by atoms with Gasteiger partial charge in [-0.3, -0.25) is 9.59 Å². The Bertz CT molecular complexity index is 678. The molecule has 132 valence electrons. The molecule has 0 atom stereocenters. The summed E-state index contributed by atoms with van der Waals surface area (Å²) in [6, 6.07) is 0.362. The van der Waals surface area contributed by atoms with Crippen LogP contribution in [0.3, 0.4) is 0 Å². The van der Waals surface area contributed by atoms with E-state index < -0.39 is 0 Å². The van der Waals surface area contributed by atoms with Gasteiger partial charge in [0, 0.05) is 36.0 Å². The molecule has 3 rings (SSSR count). The third-order valence-electron chi connectivity index (χ3n) is 5.15. The highest BCUT2D eigenvalue weighted by Crippen LogP contribution is 2.39. The molecule has 1 fully saturated rings. The Balaban J connectivity index is 2.00. The van der Waals surface area contributed by atoms with Gasteiger partial charge in [-0.25, -0.2) is 0 Å². The lowest BCUT2D eigenvalue weighted by atomic mass is 9.75. The van der Waals surface area contributed by atoms with Crippen LogP contribution >= 0.6 is 0 Å². The largest absolute Gasteiger partial charge is 0.353 e. The maximum Gasteiger partial charge on any atom is 0.224 e. The molecule has 1 N–H and O–H groups in total. The summed E-state index contributed by atoms with van der Waals surface area (Å²) < 4.78 is 2.30. The summed E-state index contributed by atoms with van der Waals surface area (Å²) in [5.41, 5.74) is 4.06. The Morgan fingerprint density at radius 3 is 2.54 bits per heavy atom. The number of ketones is 1. The average Bonchev–Trinajstić information content (AvgIpc) is 3.20. The summed E-state index contributed by atoms with van der Waals surface area (Å²) in [7, 11) is 0. The maximum absolute atomic E-state index is 12.8. The van der Waals surface area contributed by atoms with Crippen molar-refractivity contribution in [3.05, 3.63) is 22.5 Å². The minimum atomic E-state index is -0.00283. The molecule has 1 aromatic heterocycles. The number of Topliss-reactive ketones (excluding diaryl/α,β-unsaturated/α-hetero) is 1. The molecule has 0 spiro atoms. The van der Waals surface area contributed by atoms with Gasteiger partial charge in [0.15, 0.2) is 5.78 Å². The minimum Gasteiger partial charge on any atom is -0.353 e. The quantitative estimate of drug-likeness (QED) is 0.899. The Hall–Kier alpha value is -1.58. The van der Waals surface area contributed by atoms with Crippen LogP contribution in [0, 0.1) is 18.3 Å². The summed E-state index contributed by atoms with van der Waals surface area (Å²) in [6.07, 6.45) is 3.99. The second kappa shape index (κ2) is 6.05. The molecular formula is C20H30N2O2. The number of carbonyl (C=O) groups excluding carboxylic acids is 2. The third-order valence-corrected chi connectivity index (χ3v) is 5.15. The van der Waals surface area contributed by atoms with E-state index in [0.29, 0.717) is 24.8 Å². The van der Waals surface area contributed by atoms with Gasteiger partial charge in [-0.2, -0.15) is 0 Å². The van der Waals surface area contributed by atoms with Crippen LogP contribution in [0.15, 0.2) is 0 Å². The second-order valence-electron chi connectivity index (χ2n) is 8.85. The van der Waals surface area contributed by atoms with Gasteiger partial charge in [-0.15, -0.1) is 0 Å². The molecule has 4 nitrogen and oxygen atoms in total. The molecule has 0 unspecified atom stereocenters. The third kappa shape index (κ3) is 3.42. The highest BCUT2D eigenvalue weighted by Gasteiger charge is 2.37. The van der Waals surface area contributed by atoms with Gasteiger partial charge in [-0.05, 0) is 43.1 Å². The minimum absolute atomic E-state index is 0.00283. The van der Waals surface area contributed by atoms with Gasteiger partial charge >= 0.3 is 0 Å². The van der Waals surface area contributed by atoms with E-state index in [1.54, 1.807) is 0 Å². The number of hydrogen-bond acceptors (Lipinski definition) is 2. The topological polar surface area (TPSA) is 51.1 Å². The van der Waals surface area contributed by atoms with Crippen molar-refractivity contribution in [2.45, 2.75) is 79.3 Å². The maximum atomic E-state index is 12.8. The summed E-state index contributed by atoms with van der Waals surface area (Å²) in [5, 5.41) is 3.06. The van der Waals surface area contributed by atoms with E-state index in [4.69, 9.17) is 0 Å². The van der Waals surface area contributed by atoms with Gasteiger partial charge in [-0.1, -0.05) is 27.7 Å². The van der Waals surface area contributed by atoms with Crippen LogP contribution in [-0.2, 0) is 24.2 Å². The van der Waals surface area contributed by atoms with E-state index in [9.17, 15) is 9.59 Å². The zero-order valence-corrected chi connectivity index (χ0v) is 15.7. The number of nitrogens with zero attached hydrogens (tertiary/aromatic N) is 1. The van der Waals surface area contributed by atoms with Gasteiger partial charge in [0.2, 0.25) is 5.91 Å². The second-order valence-corrected chi connectivity index (χ2v) is 8.85. The fourth-order valence-corrected chi connectivity index (χ4v) is 3.90. The predicted molar refractivity (Wildman–Crippen MR) is 95.3 cm³/mol. The zero-order chi connectivity index (χ0) is 17.6. The lowest BCUT2D eigenvalue weighted by molar-refractivity contribution is -0.120. The molecule has 0 aromatic carbocycles. The highest BCUT2D eigenvalue weighted by molar-refractivity contribution is 6.01. The van der Waals surface area contributed by atoms with Crippen LogP contribution in [0.5, 0.6) is 0 Å². The van der Waals surface area contributed by atoms with Crippen LogP contribution < -0.4 is 5.32 Å². The molecule has 0 radical (unpaired) electrons.